The average molecular weight is 340 g/mol. The summed E-state index contributed by atoms with van der Waals surface area (Å²) in [4.78, 5) is 15.4. The Morgan fingerprint density at radius 1 is 1.20 bits per heavy atom. The minimum absolute atomic E-state index is 0.0728. The van der Waals surface area contributed by atoms with Crippen LogP contribution in [0.1, 0.15) is 49.8 Å². The molecule has 3 aromatic heterocycles. The van der Waals surface area contributed by atoms with Crippen molar-refractivity contribution >= 4 is 0 Å². The first-order chi connectivity index (χ1) is 12.3. The van der Waals surface area contributed by atoms with E-state index in [1.807, 2.05) is 19.1 Å². The van der Waals surface area contributed by atoms with E-state index in [0.29, 0.717) is 24.2 Å². The number of aromatic nitrogens is 5. The fourth-order valence-electron chi connectivity index (χ4n) is 3.11. The lowest BCUT2D eigenvalue weighted by Gasteiger charge is -2.31. The van der Waals surface area contributed by atoms with Crippen LogP contribution in [0.15, 0.2) is 33.6 Å². The van der Waals surface area contributed by atoms with Gasteiger partial charge in [0.1, 0.15) is 0 Å². The molecule has 0 spiro atoms. The SMILES string of the molecule is CCc1noc(CN2CCCC[C@H]2c2nc(-c3cccnc3)no2)n1. The molecule has 25 heavy (non-hydrogen) atoms. The van der Waals surface area contributed by atoms with E-state index in [9.17, 15) is 0 Å². The van der Waals surface area contributed by atoms with E-state index in [0.717, 1.165) is 43.6 Å². The van der Waals surface area contributed by atoms with Gasteiger partial charge in [0.05, 0.1) is 12.6 Å². The predicted molar refractivity (Wildman–Crippen MR) is 88.2 cm³/mol. The summed E-state index contributed by atoms with van der Waals surface area (Å²) in [5.41, 5.74) is 0.851. The van der Waals surface area contributed by atoms with Gasteiger partial charge >= 0.3 is 0 Å². The molecule has 4 heterocycles. The van der Waals surface area contributed by atoms with Gasteiger partial charge in [-0.15, -0.1) is 0 Å². The van der Waals surface area contributed by atoms with Crippen molar-refractivity contribution in [1.29, 1.82) is 0 Å². The zero-order chi connectivity index (χ0) is 17.1. The molecule has 3 aromatic rings. The number of hydrogen-bond donors (Lipinski definition) is 0. The lowest BCUT2D eigenvalue weighted by molar-refractivity contribution is 0.0986. The van der Waals surface area contributed by atoms with Gasteiger partial charge in [0, 0.05) is 24.4 Å². The van der Waals surface area contributed by atoms with Crippen molar-refractivity contribution in [3.63, 3.8) is 0 Å². The van der Waals surface area contributed by atoms with Crippen molar-refractivity contribution in [2.75, 3.05) is 6.54 Å². The number of rotatable bonds is 5. The van der Waals surface area contributed by atoms with Gasteiger partial charge in [-0.25, -0.2) is 0 Å². The number of likely N-dealkylation sites (tertiary alicyclic amines) is 1. The van der Waals surface area contributed by atoms with Crippen LogP contribution in [0.5, 0.6) is 0 Å². The summed E-state index contributed by atoms with van der Waals surface area (Å²) in [5, 5.41) is 8.09. The van der Waals surface area contributed by atoms with Crippen LogP contribution in [0.2, 0.25) is 0 Å². The first-order valence-corrected chi connectivity index (χ1v) is 8.63. The Bertz CT molecular complexity index is 815. The van der Waals surface area contributed by atoms with Gasteiger partial charge in [-0.05, 0) is 31.5 Å². The van der Waals surface area contributed by atoms with Crippen LogP contribution >= 0.6 is 0 Å². The first-order valence-electron chi connectivity index (χ1n) is 8.63. The highest BCUT2D eigenvalue weighted by molar-refractivity contribution is 5.51. The molecule has 0 aliphatic carbocycles. The van der Waals surface area contributed by atoms with Gasteiger partial charge in [-0.3, -0.25) is 9.88 Å². The Morgan fingerprint density at radius 3 is 2.96 bits per heavy atom. The molecule has 0 aromatic carbocycles. The van der Waals surface area contributed by atoms with Gasteiger partial charge in [0.15, 0.2) is 5.82 Å². The van der Waals surface area contributed by atoms with Crippen LogP contribution in [0.3, 0.4) is 0 Å². The number of hydrogen-bond acceptors (Lipinski definition) is 8. The van der Waals surface area contributed by atoms with Crippen LogP contribution in [0.4, 0.5) is 0 Å². The Morgan fingerprint density at radius 2 is 2.16 bits per heavy atom. The van der Waals surface area contributed by atoms with E-state index in [1.165, 1.54) is 0 Å². The third kappa shape index (κ3) is 3.43. The van der Waals surface area contributed by atoms with Gasteiger partial charge in [-0.1, -0.05) is 23.7 Å². The van der Waals surface area contributed by atoms with Crippen LogP contribution in [-0.2, 0) is 13.0 Å². The summed E-state index contributed by atoms with van der Waals surface area (Å²) in [6.07, 6.45) is 7.47. The molecule has 0 amide bonds. The third-order valence-corrected chi connectivity index (χ3v) is 4.42. The normalized spacial score (nSPS) is 18.5. The fraction of sp³-hybridized carbons (Fsp3) is 0.471. The topological polar surface area (TPSA) is 94.0 Å². The zero-order valence-corrected chi connectivity index (χ0v) is 14.1. The quantitative estimate of drug-likeness (QED) is 0.700. The molecule has 1 aliphatic rings. The largest absolute Gasteiger partial charge is 0.338 e. The molecular weight excluding hydrogens is 320 g/mol. The molecule has 8 heteroatoms. The summed E-state index contributed by atoms with van der Waals surface area (Å²) in [5.74, 6) is 2.57. The van der Waals surface area contributed by atoms with Gasteiger partial charge < -0.3 is 9.05 Å². The van der Waals surface area contributed by atoms with Crippen LogP contribution < -0.4 is 0 Å². The number of nitrogens with zero attached hydrogens (tertiary/aromatic N) is 6. The Hall–Kier alpha value is -2.61. The van der Waals surface area contributed by atoms with E-state index < -0.39 is 0 Å². The maximum atomic E-state index is 5.56. The van der Waals surface area contributed by atoms with E-state index >= 15 is 0 Å². The van der Waals surface area contributed by atoms with Crippen molar-refractivity contribution in [2.45, 2.75) is 45.2 Å². The summed E-state index contributed by atoms with van der Waals surface area (Å²) < 4.78 is 10.9. The maximum Gasteiger partial charge on any atom is 0.244 e. The zero-order valence-electron chi connectivity index (χ0n) is 14.1. The summed E-state index contributed by atoms with van der Waals surface area (Å²) >= 11 is 0. The molecule has 1 saturated heterocycles. The maximum absolute atomic E-state index is 5.56. The lowest BCUT2D eigenvalue weighted by atomic mass is 10.0. The second-order valence-corrected chi connectivity index (χ2v) is 6.14. The minimum Gasteiger partial charge on any atom is -0.338 e. The van der Waals surface area contributed by atoms with Gasteiger partial charge in [0.25, 0.3) is 0 Å². The van der Waals surface area contributed by atoms with Gasteiger partial charge in [-0.2, -0.15) is 9.97 Å². The molecule has 8 nitrogen and oxygen atoms in total. The van der Waals surface area contributed by atoms with E-state index in [-0.39, 0.29) is 6.04 Å². The fourth-order valence-corrected chi connectivity index (χ4v) is 3.11. The van der Waals surface area contributed by atoms with Gasteiger partial charge in [0.2, 0.25) is 17.6 Å². The highest BCUT2D eigenvalue weighted by Crippen LogP contribution is 2.32. The van der Waals surface area contributed by atoms with E-state index in [4.69, 9.17) is 9.05 Å². The number of aryl methyl sites for hydroxylation is 1. The van der Waals surface area contributed by atoms with Crippen molar-refractivity contribution in [2.24, 2.45) is 0 Å². The lowest BCUT2D eigenvalue weighted by Crippen LogP contribution is -2.33. The summed E-state index contributed by atoms with van der Waals surface area (Å²) in [6.45, 7) is 3.55. The number of piperidine rings is 1. The smallest absolute Gasteiger partial charge is 0.244 e. The third-order valence-electron chi connectivity index (χ3n) is 4.42. The summed E-state index contributed by atoms with van der Waals surface area (Å²) in [7, 11) is 0. The molecule has 0 radical (unpaired) electrons. The van der Waals surface area contributed by atoms with E-state index in [1.54, 1.807) is 12.4 Å². The van der Waals surface area contributed by atoms with Crippen molar-refractivity contribution in [3.05, 3.63) is 42.1 Å². The second-order valence-electron chi connectivity index (χ2n) is 6.14. The molecular formula is C17H20N6O2. The average Bonchev–Trinajstić information content (AvgIpc) is 3.32. The minimum atomic E-state index is 0.0728. The van der Waals surface area contributed by atoms with Crippen LogP contribution in [0.25, 0.3) is 11.4 Å². The Kier molecular flexibility index (Phi) is 4.51. The standard InChI is InChI=1S/C17H20N6O2/c1-2-14-19-15(24-21-14)11-23-9-4-3-7-13(23)17-20-16(22-25-17)12-6-5-8-18-10-12/h5-6,8,10,13H,2-4,7,9,11H2,1H3/t13-/m0/s1. The number of pyridine rings is 1. The molecule has 1 aliphatic heterocycles. The van der Waals surface area contributed by atoms with Crippen LogP contribution in [-0.4, -0.2) is 36.7 Å². The van der Waals surface area contributed by atoms with E-state index in [2.05, 4.69) is 30.2 Å². The molecule has 1 atom stereocenters. The predicted octanol–water partition coefficient (Wildman–Crippen LogP) is 2.80. The Labute approximate surface area is 145 Å². The Balaban J connectivity index is 1.54. The first kappa shape index (κ1) is 15.9. The van der Waals surface area contributed by atoms with Crippen molar-refractivity contribution in [3.8, 4) is 11.4 Å². The molecule has 0 bridgehead atoms. The van der Waals surface area contributed by atoms with Crippen molar-refractivity contribution < 1.29 is 9.05 Å². The molecule has 1 fully saturated rings. The molecule has 0 saturated carbocycles. The highest BCUT2D eigenvalue weighted by Gasteiger charge is 2.30. The monoisotopic (exact) mass is 340 g/mol. The van der Waals surface area contributed by atoms with Crippen molar-refractivity contribution in [1.82, 2.24) is 30.2 Å². The molecule has 0 unspecified atom stereocenters. The molecule has 130 valence electrons. The van der Waals surface area contributed by atoms with Crippen LogP contribution in [0, 0.1) is 0 Å². The second kappa shape index (κ2) is 7.10. The molecule has 4 rings (SSSR count). The highest BCUT2D eigenvalue weighted by atomic mass is 16.5. The summed E-state index contributed by atoms with van der Waals surface area (Å²) in [6, 6.07) is 3.85. The molecule has 0 N–H and O–H groups in total.